The lowest BCUT2D eigenvalue weighted by Gasteiger charge is -2.22. The third kappa shape index (κ3) is 5.92. The summed E-state index contributed by atoms with van der Waals surface area (Å²) < 4.78 is 8.64. The smallest absolute Gasteiger partial charge is 0.307 e. The zero-order valence-electron chi connectivity index (χ0n) is 17.8. The Morgan fingerprint density at radius 3 is 2.28 bits per heavy atom. The van der Waals surface area contributed by atoms with E-state index in [1.807, 2.05) is 43.3 Å². The number of carboxylic acid groups (broad SMARTS) is 1. The standard InChI is InChI=1S/C25H23Br2IO4/c1-13(2)18-12-22(32-25-20(26)8-15(9-21(25)27)10-23(29)30)19(7-14(18)3)24(31)16-5-4-6-17(28)11-16/h4-9,11-13,24,31H,10H2,1-3H3,(H,29,30). The summed E-state index contributed by atoms with van der Waals surface area (Å²) in [6, 6.07) is 15.2. The van der Waals surface area contributed by atoms with Crippen molar-refractivity contribution in [1.29, 1.82) is 0 Å². The first-order chi connectivity index (χ1) is 15.1. The molecule has 168 valence electrons. The van der Waals surface area contributed by atoms with E-state index in [9.17, 15) is 9.90 Å². The molecule has 4 nitrogen and oxygen atoms in total. The lowest BCUT2D eigenvalue weighted by Crippen LogP contribution is -2.06. The summed E-state index contributed by atoms with van der Waals surface area (Å²) in [6.07, 6.45) is -0.945. The summed E-state index contributed by atoms with van der Waals surface area (Å²) in [5, 5.41) is 20.3. The van der Waals surface area contributed by atoms with Crippen LogP contribution in [0.15, 0.2) is 57.5 Å². The number of carboxylic acids is 1. The number of aryl methyl sites for hydroxylation is 1. The molecule has 32 heavy (non-hydrogen) atoms. The second kappa shape index (κ2) is 10.7. The van der Waals surface area contributed by atoms with Gasteiger partial charge in [-0.05, 0) is 126 Å². The number of ether oxygens (including phenoxy) is 1. The van der Waals surface area contributed by atoms with Crippen LogP contribution in [0.3, 0.4) is 0 Å². The lowest BCUT2D eigenvalue weighted by molar-refractivity contribution is -0.136. The van der Waals surface area contributed by atoms with Gasteiger partial charge < -0.3 is 14.9 Å². The highest BCUT2D eigenvalue weighted by Crippen LogP contribution is 2.42. The molecule has 0 radical (unpaired) electrons. The van der Waals surface area contributed by atoms with Gasteiger partial charge in [0, 0.05) is 9.13 Å². The molecule has 0 aromatic heterocycles. The fourth-order valence-electron chi connectivity index (χ4n) is 3.60. The van der Waals surface area contributed by atoms with Gasteiger partial charge in [-0.15, -0.1) is 0 Å². The number of halogens is 3. The first-order valence-electron chi connectivity index (χ1n) is 10.0. The molecule has 0 saturated heterocycles. The minimum absolute atomic E-state index is 0.0872. The average molecular weight is 674 g/mol. The fourth-order valence-corrected chi connectivity index (χ4v) is 5.61. The van der Waals surface area contributed by atoms with E-state index < -0.39 is 12.1 Å². The summed E-state index contributed by atoms with van der Waals surface area (Å²) in [5.74, 6) is 0.457. The van der Waals surface area contributed by atoms with Crippen molar-refractivity contribution in [2.24, 2.45) is 0 Å². The topological polar surface area (TPSA) is 66.8 Å². The zero-order chi connectivity index (χ0) is 23.6. The molecule has 0 aliphatic rings. The largest absolute Gasteiger partial charge is 0.481 e. The van der Waals surface area contributed by atoms with Crippen molar-refractivity contribution in [3.63, 3.8) is 0 Å². The Hall–Kier alpha value is -1.42. The normalized spacial score (nSPS) is 12.1. The third-order valence-corrected chi connectivity index (χ3v) is 6.95. The Morgan fingerprint density at radius 2 is 1.72 bits per heavy atom. The highest BCUT2D eigenvalue weighted by atomic mass is 127. The maximum absolute atomic E-state index is 11.2. The van der Waals surface area contributed by atoms with E-state index in [4.69, 9.17) is 9.84 Å². The number of aliphatic hydroxyl groups excluding tert-OH is 1. The molecule has 1 unspecified atom stereocenters. The van der Waals surface area contributed by atoms with Gasteiger partial charge >= 0.3 is 5.97 Å². The minimum atomic E-state index is -0.902. The number of hydrogen-bond acceptors (Lipinski definition) is 3. The van der Waals surface area contributed by atoms with Gasteiger partial charge in [0.25, 0.3) is 0 Å². The van der Waals surface area contributed by atoms with Gasteiger partial charge in [0.05, 0.1) is 15.4 Å². The average Bonchev–Trinajstić information content (AvgIpc) is 2.70. The van der Waals surface area contributed by atoms with Crippen molar-refractivity contribution in [1.82, 2.24) is 0 Å². The number of rotatable bonds is 7. The molecular formula is C25H23Br2IO4. The van der Waals surface area contributed by atoms with Crippen LogP contribution in [0.1, 0.15) is 53.7 Å². The van der Waals surface area contributed by atoms with E-state index in [2.05, 4.69) is 68.3 Å². The van der Waals surface area contributed by atoms with E-state index in [-0.39, 0.29) is 12.3 Å². The molecule has 0 spiro atoms. The predicted octanol–water partition coefficient (Wildman–Crippen LogP) is 7.75. The van der Waals surface area contributed by atoms with Crippen molar-refractivity contribution in [2.75, 3.05) is 0 Å². The summed E-state index contributed by atoms with van der Waals surface area (Å²) in [7, 11) is 0. The van der Waals surface area contributed by atoms with Crippen LogP contribution in [0.5, 0.6) is 11.5 Å². The number of carbonyl (C=O) groups is 1. The van der Waals surface area contributed by atoms with Gasteiger partial charge in [0.15, 0.2) is 5.75 Å². The molecule has 3 aromatic rings. The van der Waals surface area contributed by atoms with Crippen LogP contribution < -0.4 is 4.74 Å². The highest BCUT2D eigenvalue weighted by Gasteiger charge is 2.21. The van der Waals surface area contributed by atoms with Crippen molar-refractivity contribution >= 4 is 60.4 Å². The molecule has 1 atom stereocenters. The lowest BCUT2D eigenvalue weighted by atomic mass is 9.92. The van der Waals surface area contributed by atoms with Crippen molar-refractivity contribution in [3.8, 4) is 11.5 Å². The molecule has 2 N–H and O–H groups in total. The summed E-state index contributed by atoms with van der Waals surface area (Å²) >= 11 is 9.25. The van der Waals surface area contributed by atoms with Crippen molar-refractivity contribution in [2.45, 2.75) is 39.2 Å². The Balaban J connectivity index is 2.10. The Kier molecular flexibility index (Phi) is 8.41. The second-order valence-corrected chi connectivity index (χ2v) is 10.9. The molecular weight excluding hydrogens is 651 g/mol. The molecule has 3 rings (SSSR count). The molecule has 0 saturated carbocycles. The van der Waals surface area contributed by atoms with E-state index in [1.54, 1.807) is 12.1 Å². The number of aliphatic carboxylic acids is 1. The number of benzene rings is 3. The van der Waals surface area contributed by atoms with Crippen LogP contribution in [-0.2, 0) is 11.2 Å². The van der Waals surface area contributed by atoms with Crippen molar-refractivity contribution in [3.05, 3.63) is 88.9 Å². The van der Waals surface area contributed by atoms with Crippen LogP contribution in [0.4, 0.5) is 0 Å². The SMILES string of the molecule is Cc1cc(C(O)c2cccc(I)c2)c(Oc2c(Br)cc(CC(=O)O)cc2Br)cc1C(C)C. The molecule has 0 bridgehead atoms. The van der Waals surface area contributed by atoms with Gasteiger partial charge in [-0.25, -0.2) is 0 Å². The van der Waals surface area contributed by atoms with Gasteiger partial charge in [-0.3, -0.25) is 4.79 Å². The predicted molar refractivity (Wildman–Crippen MR) is 142 cm³/mol. The van der Waals surface area contributed by atoms with Gasteiger partial charge in [-0.2, -0.15) is 0 Å². The minimum Gasteiger partial charge on any atom is -0.481 e. The molecule has 0 fully saturated rings. The van der Waals surface area contributed by atoms with E-state index in [0.29, 0.717) is 31.6 Å². The molecule has 0 heterocycles. The Labute approximate surface area is 218 Å². The van der Waals surface area contributed by atoms with Crippen LogP contribution in [0.25, 0.3) is 0 Å². The molecule has 0 aliphatic heterocycles. The molecule has 0 amide bonds. The van der Waals surface area contributed by atoms with Gasteiger partial charge in [0.2, 0.25) is 0 Å². The van der Waals surface area contributed by atoms with Crippen LogP contribution in [-0.4, -0.2) is 16.2 Å². The highest BCUT2D eigenvalue weighted by molar-refractivity contribution is 14.1. The van der Waals surface area contributed by atoms with Gasteiger partial charge in [-0.1, -0.05) is 26.0 Å². The Bertz CT molecular complexity index is 1140. The first kappa shape index (κ1) is 25.2. The monoisotopic (exact) mass is 672 g/mol. The fraction of sp³-hybridized carbons (Fsp3) is 0.240. The number of hydrogen-bond donors (Lipinski definition) is 2. The first-order valence-corrected chi connectivity index (χ1v) is 12.7. The van der Waals surface area contributed by atoms with Crippen LogP contribution >= 0.6 is 54.5 Å². The number of aliphatic hydroxyl groups is 1. The third-order valence-electron chi connectivity index (χ3n) is 5.10. The maximum Gasteiger partial charge on any atom is 0.307 e. The summed E-state index contributed by atoms with van der Waals surface area (Å²) in [6.45, 7) is 6.28. The quantitative estimate of drug-likeness (QED) is 0.252. The van der Waals surface area contributed by atoms with E-state index >= 15 is 0 Å². The molecule has 0 aliphatic carbocycles. The van der Waals surface area contributed by atoms with Crippen LogP contribution in [0, 0.1) is 10.5 Å². The Morgan fingerprint density at radius 1 is 1.06 bits per heavy atom. The van der Waals surface area contributed by atoms with Crippen LogP contribution in [0.2, 0.25) is 0 Å². The molecule has 7 heteroatoms. The van der Waals surface area contributed by atoms with Gasteiger partial charge in [0.1, 0.15) is 11.9 Å². The van der Waals surface area contributed by atoms with Crippen molar-refractivity contribution < 1.29 is 19.7 Å². The second-order valence-electron chi connectivity index (χ2n) is 7.92. The summed E-state index contributed by atoms with van der Waals surface area (Å²) in [5.41, 5.74) is 4.32. The summed E-state index contributed by atoms with van der Waals surface area (Å²) in [4.78, 5) is 11.1. The maximum atomic E-state index is 11.2. The molecule has 3 aromatic carbocycles. The van der Waals surface area contributed by atoms with E-state index in [0.717, 1.165) is 20.3 Å². The van der Waals surface area contributed by atoms with E-state index in [1.165, 1.54) is 0 Å². The zero-order valence-corrected chi connectivity index (χ0v) is 23.2.